The van der Waals surface area contributed by atoms with E-state index in [0.29, 0.717) is 16.4 Å². The maximum atomic E-state index is 13.0. The number of rotatable bonds is 3. The summed E-state index contributed by atoms with van der Waals surface area (Å²) in [7, 11) is 0. The smallest absolute Gasteiger partial charge is 0.325 e. The van der Waals surface area contributed by atoms with Crippen LogP contribution in [0, 0.1) is 5.82 Å². The summed E-state index contributed by atoms with van der Waals surface area (Å²) in [4.78, 5) is 17.5. The molecule has 0 spiro atoms. The fourth-order valence-electron chi connectivity index (χ4n) is 2.12. The minimum atomic E-state index is -0.759. The molecule has 0 aliphatic rings. The number of benzene rings is 2. The van der Waals surface area contributed by atoms with E-state index in [4.69, 9.17) is 28.9 Å². The first-order valence-electron chi connectivity index (χ1n) is 6.72. The van der Waals surface area contributed by atoms with Gasteiger partial charge in [0.05, 0.1) is 21.4 Å². The number of carbonyl (C=O) groups is 1. The van der Waals surface area contributed by atoms with Gasteiger partial charge in [-0.25, -0.2) is 19.1 Å². The van der Waals surface area contributed by atoms with Crippen LogP contribution in [0.2, 0.25) is 10.0 Å². The van der Waals surface area contributed by atoms with E-state index in [1.807, 2.05) is 0 Å². The van der Waals surface area contributed by atoms with Crippen LogP contribution in [0.15, 0.2) is 47.8 Å². The molecule has 0 bridgehead atoms. The van der Waals surface area contributed by atoms with E-state index in [0.717, 1.165) is 4.90 Å². The molecule has 0 fully saturated rings. The number of aromatic nitrogens is 1. The quantitative estimate of drug-likeness (QED) is 0.653. The molecule has 0 saturated carbocycles. The molecule has 0 aliphatic heterocycles. The molecule has 0 unspecified atom stereocenters. The Kier molecular flexibility index (Phi) is 4.71. The van der Waals surface area contributed by atoms with Crippen molar-refractivity contribution in [3.8, 4) is 11.3 Å². The molecule has 1 aromatic heterocycles. The first kappa shape index (κ1) is 16.7. The SMILES string of the molecule is NC(=O)N(c1nc(-c2ccc(F)cc2)cs1)c1c(Cl)cccc1Cl. The van der Waals surface area contributed by atoms with Gasteiger partial charge in [-0.2, -0.15) is 0 Å². The summed E-state index contributed by atoms with van der Waals surface area (Å²) in [6.45, 7) is 0. The maximum Gasteiger partial charge on any atom is 0.325 e. The van der Waals surface area contributed by atoms with Gasteiger partial charge in [0.1, 0.15) is 5.82 Å². The monoisotopic (exact) mass is 381 g/mol. The third-order valence-electron chi connectivity index (χ3n) is 3.20. The van der Waals surface area contributed by atoms with Crippen molar-refractivity contribution in [1.82, 2.24) is 4.98 Å². The van der Waals surface area contributed by atoms with Crippen LogP contribution in [0.3, 0.4) is 0 Å². The van der Waals surface area contributed by atoms with Crippen molar-refractivity contribution in [3.05, 3.63) is 63.7 Å². The number of hydrogen-bond acceptors (Lipinski definition) is 3. The van der Waals surface area contributed by atoms with Crippen LogP contribution in [-0.4, -0.2) is 11.0 Å². The normalized spacial score (nSPS) is 10.6. The van der Waals surface area contributed by atoms with Crippen LogP contribution in [0.25, 0.3) is 11.3 Å². The van der Waals surface area contributed by atoms with E-state index in [2.05, 4.69) is 4.98 Å². The molecule has 1 heterocycles. The van der Waals surface area contributed by atoms with Crippen molar-refractivity contribution >= 4 is 51.4 Å². The Morgan fingerprint density at radius 1 is 1.12 bits per heavy atom. The number of amides is 2. The molecule has 24 heavy (non-hydrogen) atoms. The van der Waals surface area contributed by atoms with Crippen LogP contribution in [0.1, 0.15) is 0 Å². The van der Waals surface area contributed by atoms with Crippen LogP contribution < -0.4 is 10.6 Å². The molecule has 8 heteroatoms. The number of halogens is 3. The van der Waals surface area contributed by atoms with Crippen molar-refractivity contribution < 1.29 is 9.18 Å². The second-order valence-electron chi connectivity index (χ2n) is 4.77. The zero-order valence-corrected chi connectivity index (χ0v) is 14.4. The summed E-state index contributed by atoms with van der Waals surface area (Å²) in [6, 6.07) is 10.00. The molecule has 2 aromatic carbocycles. The van der Waals surface area contributed by atoms with Crippen LogP contribution in [0.5, 0.6) is 0 Å². The molecule has 2 N–H and O–H groups in total. The number of urea groups is 1. The Hall–Kier alpha value is -2.15. The second kappa shape index (κ2) is 6.76. The van der Waals surface area contributed by atoms with Crippen LogP contribution >= 0.6 is 34.5 Å². The van der Waals surface area contributed by atoms with E-state index < -0.39 is 6.03 Å². The molecule has 3 aromatic rings. The van der Waals surface area contributed by atoms with Gasteiger partial charge in [0.25, 0.3) is 0 Å². The topological polar surface area (TPSA) is 59.2 Å². The van der Waals surface area contributed by atoms with Gasteiger partial charge in [0, 0.05) is 10.9 Å². The predicted octanol–water partition coefficient (Wildman–Crippen LogP) is 5.47. The highest BCUT2D eigenvalue weighted by Gasteiger charge is 2.24. The summed E-state index contributed by atoms with van der Waals surface area (Å²) >= 11 is 13.5. The van der Waals surface area contributed by atoms with Gasteiger partial charge in [-0.1, -0.05) is 29.3 Å². The lowest BCUT2D eigenvalue weighted by Gasteiger charge is -2.19. The number of nitrogens with two attached hydrogens (primary N) is 1. The number of para-hydroxylation sites is 1. The number of thiazole rings is 1. The first-order chi connectivity index (χ1) is 11.5. The highest BCUT2D eigenvalue weighted by molar-refractivity contribution is 7.14. The van der Waals surface area contributed by atoms with Crippen molar-refractivity contribution in [2.45, 2.75) is 0 Å². The van der Waals surface area contributed by atoms with Gasteiger partial charge in [-0.05, 0) is 36.4 Å². The Balaban J connectivity index is 2.05. The minimum Gasteiger partial charge on any atom is -0.351 e. The lowest BCUT2D eigenvalue weighted by molar-refractivity contribution is 0.256. The number of carbonyl (C=O) groups excluding carboxylic acids is 1. The molecular formula is C16H10Cl2FN3OS. The fraction of sp³-hybridized carbons (Fsp3) is 0. The van der Waals surface area contributed by atoms with Crippen LogP contribution in [-0.2, 0) is 0 Å². The van der Waals surface area contributed by atoms with E-state index in [9.17, 15) is 9.18 Å². The van der Waals surface area contributed by atoms with Gasteiger partial charge >= 0.3 is 6.03 Å². The molecule has 3 rings (SSSR count). The predicted molar refractivity (Wildman–Crippen MR) is 95.7 cm³/mol. The highest BCUT2D eigenvalue weighted by Crippen LogP contribution is 2.39. The fourth-order valence-corrected chi connectivity index (χ4v) is 3.53. The Morgan fingerprint density at radius 3 is 2.33 bits per heavy atom. The lowest BCUT2D eigenvalue weighted by atomic mass is 10.2. The van der Waals surface area contributed by atoms with E-state index in [-0.39, 0.29) is 21.5 Å². The molecule has 4 nitrogen and oxygen atoms in total. The Morgan fingerprint density at radius 2 is 1.75 bits per heavy atom. The third kappa shape index (κ3) is 3.21. The maximum absolute atomic E-state index is 13.0. The number of nitrogens with zero attached hydrogens (tertiary/aromatic N) is 2. The number of anilines is 2. The molecule has 0 saturated heterocycles. The van der Waals surface area contributed by atoms with Gasteiger partial charge in [-0.3, -0.25) is 0 Å². The Labute approximate surface area is 151 Å². The van der Waals surface area contributed by atoms with Gasteiger partial charge < -0.3 is 5.73 Å². The van der Waals surface area contributed by atoms with Crippen LogP contribution in [0.4, 0.5) is 20.0 Å². The van der Waals surface area contributed by atoms with Crippen molar-refractivity contribution in [2.75, 3.05) is 4.90 Å². The van der Waals surface area contributed by atoms with E-state index in [1.54, 1.807) is 35.7 Å². The molecule has 122 valence electrons. The lowest BCUT2D eigenvalue weighted by Crippen LogP contribution is -2.31. The summed E-state index contributed by atoms with van der Waals surface area (Å²) in [5.41, 5.74) is 7.07. The number of hydrogen-bond donors (Lipinski definition) is 1. The highest BCUT2D eigenvalue weighted by atomic mass is 35.5. The van der Waals surface area contributed by atoms with Gasteiger partial charge in [0.15, 0.2) is 5.13 Å². The zero-order valence-electron chi connectivity index (χ0n) is 12.0. The largest absolute Gasteiger partial charge is 0.351 e. The average molecular weight is 382 g/mol. The molecular weight excluding hydrogens is 372 g/mol. The first-order valence-corrected chi connectivity index (χ1v) is 8.36. The van der Waals surface area contributed by atoms with Crippen molar-refractivity contribution in [3.63, 3.8) is 0 Å². The summed E-state index contributed by atoms with van der Waals surface area (Å²) in [5.74, 6) is -0.337. The third-order valence-corrected chi connectivity index (χ3v) is 4.64. The minimum absolute atomic E-state index is 0.272. The summed E-state index contributed by atoms with van der Waals surface area (Å²) in [5, 5.41) is 2.61. The summed E-state index contributed by atoms with van der Waals surface area (Å²) in [6.07, 6.45) is 0. The van der Waals surface area contributed by atoms with Crippen molar-refractivity contribution in [1.29, 1.82) is 0 Å². The average Bonchev–Trinajstić information content (AvgIpc) is 3.00. The molecule has 2 amide bonds. The van der Waals surface area contributed by atoms with Gasteiger partial charge in [-0.15, -0.1) is 11.3 Å². The standard InChI is InChI=1S/C16H10Cl2FN3OS/c17-11-2-1-3-12(18)14(11)22(15(20)23)16-21-13(8-24-16)9-4-6-10(19)7-5-9/h1-8H,(H2,20,23). The summed E-state index contributed by atoms with van der Waals surface area (Å²) < 4.78 is 13.0. The van der Waals surface area contributed by atoms with Gasteiger partial charge in [0.2, 0.25) is 0 Å². The molecule has 0 atom stereocenters. The van der Waals surface area contributed by atoms with E-state index in [1.165, 1.54) is 23.5 Å². The van der Waals surface area contributed by atoms with E-state index >= 15 is 0 Å². The zero-order chi connectivity index (χ0) is 17.3. The molecule has 0 radical (unpaired) electrons. The second-order valence-corrected chi connectivity index (χ2v) is 6.42. The molecule has 0 aliphatic carbocycles. The van der Waals surface area contributed by atoms with Crippen molar-refractivity contribution in [2.24, 2.45) is 5.73 Å². The number of primary amides is 1. The Bertz CT molecular complexity index is 878.